The van der Waals surface area contributed by atoms with E-state index in [1.54, 1.807) is 0 Å². The highest BCUT2D eigenvalue weighted by atomic mass is 16.5. The standard InChI is InChI=1S/C60H42N2O/c1-60-52-25-12-11-22-48(52)50-24-14-26-54(57(50)60)62(46-33-31-42(32-34-46)41-29-27-40(28-30-41)39-15-5-2-6-16-39)58-53(60)37-43-17-13-23-49-51-38-47(35-36-55(51)63-59(58)56(43)49)61(44-18-7-3-8-19-44)45-20-9-4-10-21-45/h2-20,22-38,45H,21H2,1H3. The van der Waals surface area contributed by atoms with Crippen LogP contribution in [0.4, 0.5) is 28.4 Å². The molecule has 0 bridgehead atoms. The lowest BCUT2D eigenvalue weighted by Crippen LogP contribution is -2.32. The molecule has 2 heterocycles. The van der Waals surface area contributed by atoms with E-state index in [9.17, 15) is 0 Å². The fourth-order valence-electron chi connectivity index (χ4n) is 11.0. The van der Waals surface area contributed by atoms with Gasteiger partial charge in [-0.05, 0) is 129 Å². The summed E-state index contributed by atoms with van der Waals surface area (Å²) in [5.74, 6) is 1.77. The average molecular weight is 807 g/mol. The van der Waals surface area contributed by atoms with E-state index in [0.29, 0.717) is 0 Å². The van der Waals surface area contributed by atoms with E-state index in [1.165, 1.54) is 72.4 Å². The molecule has 0 aromatic heterocycles. The molecule has 63 heavy (non-hydrogen) atoms. The molecule has 0 radical (unpaired) electrons. The number of nitrogens with zero attached hydrogens (tertiary/aromatic N) is 2. The van der Waals surface area contributed by atoms with Crippen LogP contribution >= 0.6 is 0 Å². The molecule has 3 heteroatoms. The highest BCUT2D eigenvalue weighted by Gasteiger charge is 2.50. The first-order valence-electron chi connectivity index (χ1n) is 22.0. The Balaban J connectivity index is 0.999. The molecule has 4 aliphatic rings. The Labute approximate surface area is 368 Å². The monoisotopic (exact) mass is 806 g/mol. The van der Waals surface area contributed by atoms with Crippen LogP contribution in [0.1, 0.15) is 30.0 Å². The highest BCUT2D eigenvalue weighted by molar-refractivity contribution is 6.12. The van der Waals surface area contributed by atoms with Crippen LogP contribution in [0.2, 0.25) is 0 Å². The maximum atomic E-state index is 7.40. The number of rotatable bonds is 6. The van der Waals surface area contributed by atoms with Gasteiger partial charge in [-0.1, -0.05) is 164 Å². The molecule has 0 saturated heterocycles. The topological polar surface area (TPSA) is 15.7 Å². The Morgan fingerprint density at radius 3 is 1.97 bits per heavy atom. The van der Waals surface area contributed by atoms with Crippen LogP contribution in [0.15, 0.2) is 218 Å². The van der Waals surface area contributed by atoms with Gasteiger partial charge in [0.2, 0.25) is 0 Å². The molecule has 2 aliphatic carbocycles. The third kappa shape index (κ3) is 5.33. The van der Waals surface area contributed by atoms with Crippen LogP contribution in [-0.2, 0) is 5.41 Å². The van der Waals surface area contributed by atoms with Gasteiger partial charge in [-0.3, -0.25) is 0 Å². The second kappa shape index (κ2) is 13.8. The second-order valence-electron chi connectivity index (χ2n) is 17.3. The van der Waals surface area contributed by atoms with Gasteiger partial charge in [0.05, 0.1) is 17.4 Å². The van der Waals surface area contributed by atoms with Gasteiger partial charge in [0.25, 0.3) is 0 Å². The van der Waals surface area contributed by atoms with Crippen molar-refractivity contribution in [1.82, 2.24) is 0 Å². The first-order valence-corrected chi connectivity index (χ1v) is 22.0. The van der Waals surface area contributed by atoms with E-state index in [0.717, 1.165) is 45.9 Å². The summed E-state index contributed by atoms with van der Waals surface area (Å²) in [7, 11) is 0. The van der Waals surface area contributed by atoms with E-state index in [-0.39, 0.29) is 6.04 Å². The normalized spacial score (nSPS) is 17.1. The molecule has 298 valence electrons. The summed E-state index contributed by atoms with van der Waals surface area (Å²) < 4.78 is 7.40. The van der Waals surface area contributed by atoms with Crippen molar-refractivity contribution in [2.75, 3.05) is 9.80 Å². The third-order valence-electron chi connectivity index (χ3n) is 13.9. The summed E-state index contributed by atoms with van der Waals surface area (Å²) >= 11 is 0. The maximum absolute atomic E-state index is 7.40. The predicted octanol–water partition coefficient (Wildman–Crippen LogP) is 16.1. The quantitative estimate of drug-likeness (QED) is 0.166. The number of fused-ring (bicyclic) bond motifs is 8. The van der Waals surface area contributed by atoms with E-state index in [2.05, 4.69) is 235 Å². The van der Waals surface area contributed by atoms with Gasteiger partial charge in [-0.25, -0.2) is 0 Å². The highest BCUT2D eigenvalue weighted by Crippen LogP contribution is 2.66. The van der Waals surface area contributed by atoms with Crippen molar-refractivity contribution in [3.05, 3.63) is 235 Å². The van der Waals surface area contributed by atoms with Gasteiger partial charge in [0.1, 0.15) is 5.75 Å². The first-order chi connectivity index (χ1) is 31.1. The van der Waals surface area contributed by atoms with Crippen LogP contribution in [0.25, 0.3) is 55.3 Å². The van der Waals surface area contributed by atoms with Gasteiger partial charge in [-0.2, -0.15) is 0 Å². The number of hydrogen-bond donors (Lipinski definition) is 0. The third-order valence-corrected chi connectivity index (χ3v) is 13.9. The summed E-state index contributed by atoms with van der Waals surface area (Å²) in [5, 5.41) is 2.32. The number of hydrogen-bond acceptors (Lipinski definition) is 3. The largest absolute Gasteiger partial charge is 0.454 e. The number of anilines is 5. The summed E-state index contributed by atoms with van der Waals surface area (Å²) in [5.41, 5.74) is 18.9. The van der Waals surface area contributed by atoms with Crippen molar-refractivity contribution >= 4 is 39.2 Å². The van der Waals surface area contributed by atoms with Crippen LogP contribution in [-0.4, -0.2) is 6.04 Å². The van der Waals surface area contributed by atoms with E-state index < -0.39 is 5.41 Å². The minimum Gasteiger partial charge on any atom is -0.454 e. The van der Waals surface area contributed by atoms with Gasteiger partial charge < -0.3 is 14.5 Å². The van der Waals surface area contributed by atoms with Crippen molar-refractivity contribution in [3.8, 4) is 56.0 Å². The minimum absolute atomic E-state index is 0.198. The molecule has 0 saturated carbocycles. The molecule has 2 unspecified atom stereocenters. The molecule has 0 amide bonds. The first kappa shape index (κ1) is 35.8. The molecule has 13 rings (SSSR count). The SMILES string of the molecule is CC12c3ccccc3-c3cccc(c31)N(c1ccc(-c3ccc(-c4ccccc4)cc3)cc1)c1c2cc2cccc3c2c1Oc1ccc(N(c2ccccc2)C2C=CC=CC2)cc1-3. The van der Waals surface area contributed by atoms with Gasteiger partial charge in [-0.15, -0.1) is 0 Å². The molecule has 2 atom stereocenters. The fraction of sp³-hybridized carbons (Fsp3) is 0.0667. The Kier molecular flexibility index (Phi) is 7.86. The average Bonchev–Trinajstić information content (AvgIpc) is 3.62. The lowest BCUT2D eigenvalue weighted by Gasteiger charge is -2.44. The Morgan fingerprint density at radius 2 is 1.21 bits per heavy atom. The molecule has 0 N–H and O–H groups in total. The summed E-state index contributed by atoms with van der Waals surface area (Å²) in [6.07, 6.45) is 9.81. The van der Waals surface area contributed by atoms with Gasteiger partial charge in [0, 0.05) is 33.4 Å². The molecule has 9 aromatic rings. The molecular formula is C60H42N2O. The molecular weight excluding hydrogens is 765 g/mol. The van der Waals surface area contributed by atoms with E-state index >= 15 is 0 Å². The lowest BCUT2D eigenvalue weighted by molar-refractivity contribution is 0.485. The molecule has 3 nitrogen and oxygen atoms in total. The number of benzene rings is 9. The molecule has 0 spiro atoms. The molecule has 9 aromatic carbocycles. The van der Waals surface area contributed by atoms with Crippen LogP contribution < -0.4 is 14.5 Å². The zero-order chi connectivity index (χ0) is 41.6. The van der Waals surface area contributed by atoms with Crippen molar-refractivity contribution in [2.24, 2.45) is 0 Å². The molecule has 0 fully saturated rings. The van der Waals surface area contributed by atoms with Gasteiger partial charge >= 0.3 is 0 Å². The summed E-state index contributed by atoms with van der Waals surface area (Å²) in [6.45, 7) is 2.43. The number of ether oxygens (including phenoxy) is 1. The smallest absolute Gasteiger partial charge is 0.160 e. The van der Waals surface area contributed by atoms with Crippen molar-refractivity contribution < 1.29 is 4.74 Å². The summed E-state index contributed by atoms with van der Waals surface area (Å²) in [4.78, 5) is 4.94. The van der Waals surface area contributed by atoms with E-state index in [1.807, 2.05) is 0 Å². The van der Waals surface area contributed by atoms with Crippen molar-refractivity contribution in [2.45, 2.75) is 24.8 Å². The van der Waals surface area contributed by atoms with Gasteiger partial charge in [0.15, 0.2) is 5.75 Å². The summed E-state index contributed by atoms with van der Waals surface area (Å²) in [6, 6.07) is 71.4. The molecule has 2 aliphatic heterocycles. The van der Waals surface area contributed by atoms with E-state index in [4.69, 9.17) is 4.74 Å². The zero-order valence-corrected chi connectivity index (χ0v) is 34.9. The maximum Gasteiger partial charge on any atom is 0.160 e. The fourth-order valence-corrected chi connectivity index (χ4v) is 11.0. The Morgan fingerprint density at radius 1 is 0.540 bits per heavy atom. The van der Waals surface area contributed by atoms with Crippen molar-refractivity contribution in [1.29, 1.82) is 0 Å². The predicted molar refractivity (Wildman–Crippen MR) is 261 cm³/mol. The minimum atomic E-state index is -0.402. The Bertz CT molecular complexity index is 3350. The zero-order valence-electron chi connectivity index (χ0n) is 34.9. The van der Waals surface area contributed by atoms with Crippen LogP contribution in [0.3, 0.4) is 0 Å². The van der Waals surface area contributed by atoms with Crippen LogP contribution in [0.5, 0.6) is 11.5 Å². The van der Waals surface area contributed by atoms with Crippen molar-refractivity contribution in [3.63, 3.8) is 0 Å². The second-order valence-corrected chi connectivity index (χ2v) is 17.3. The lowest BCUT2D eigenvalue weighted by atomic mass is 9.69. The Hall–Kier alpha value is -7.88. The van der Waals surface area contributed by atoms with Crippen LogP contribution in [0, 0.1) is 0 Å². The number of para-hydroxylation sites is 1. The number of allylic oxidation sites excluding steroid dienone is 2.